The zero-order valence-electron chi connectivity index (χ0n) is 17.6. The van der Waals surface area contributed by atoms with E-state index in [1.807, 2.05) is 0 Å². The maximum absolute atomic E-state index is 17.1. The molecule has 31 heavy (non-hydrogen) atoms. The minimum Gasteiger partial charge on any atom is -0.303 e. The number of hydrogen-bond acceptors (Lipinski definition) is 7. The van der Waals surface area contributed by atoms with E-state index in [0.717, 1.165) is 17.8 Å². The van der Waals surface area contributed by atoms with E-state index in [4.69, 9.17) is 9.05 Å². The van der Waals surface area contributed by atoms with Crippen molar-refractivity contribution < 1.29 is 26.4 Å². The number of aromatic nitrogens is 2. The van der Waals surface area contributed by atoms with Gasteiger partial charge in [-0.2, -0.15) is 0 Å². The third-order valence-electron chi connectivity index (χ3n) is 4.30. The Morgan fingerprint density at radius 3 is 2.00 bits per heavy atom. The van der Waals surface area contributed by atoms with Crippen molar-refractivity contribution in [1.29, 1.82) is 0 Å². The van der Waals surface area contributed by atoms with Crippen LogP contribution in [0, 0.1) is 0 Å². The second-order valence-electron chi connectivity index (χ2n) is 7.46. The summed E-state index contributed by atoms with van der Waals surface area (Å²) in [4.78, 5) is 7.41. The zero-order valence-corrected chi connectivity index (χ0v) is 19.3. The average molecular weight is 466 g/mol. The lowest BCUT2D eigenvalue weighted by Gasteiger charge is -2.34. The van der Waals surface area contributed by atoms with E-state index in [1.54, 1.807) is 30.3 Å². The second-order valence-corrected chi connectivity index (χ2v) is 11.7. The van der Waals surface area contributed by atoms with Gasteiger partial charge in [0.15, 0.2) is 0 Å². The highest BCUT2D eigenvalue weighted by Gasteiger charge is 2.65. The summed E-state index contributed by atoms with van der Waals surface area (Å²) < 4.78 is 65.4. The Morgan fingerprint density at radius 1 is 0.903 bits per heavy atom. The van der Waals surface area contributed by atoms with Crippen LogP contribution < -0.4 is 0 Å². The van der Waals surface area contributed by atoms with Crippen molar-refractivity contribution in [1.82, 2.24) is 9.97 Å². The normalized spacial score (nSPS) is 14.8. The summed E-state index contributed by atoms with van der Waals surface area (Å²) in [6.45, 7) is 6.07. The van der Waals surface area contributed by atoms with Gasteiger partial charge in [-0.1, -0.05) is 36.4 Å². The smallest absolute Gasteiger partial charge is 0.303 e. The summed E-state index contributed by atoms with van der Waals surface area (Å²) in [5.41, 5.74) is -0.386. The Hall–Kier alpha value is -2.19. The van der Waals surface area contributed by atoms with Crippen LogP contribution in [0.2, 0.25) is 0 Å². The minimum atomic E-state index is -5.07. The second kappa shape index (κ2) is 8.74. The highest BCUT2D eigenvalue weighted by Crippen LogP contribution is 2.70. The van der Waals surface area contributed by atoms with E-state index in [9.17, 15) is 13.0 Å². The van der Waals surface area contributed by atoms with E-state index < -0.39 is 39.5 Å². The molecule has 3 aromatic rings. The first-order chi connectivity index (χ1) is 14.5. The van der Waals surface area contributed by atoms with Crippen LogP contribution in [0.3, 0.4) is 0 Å². The molecule has 0 N–H and O–H groups in total. The summed E-state index contributed by atoms with van der Waals surface area (Å²) in [6, 6.07) is 12.6. The fraction of sp³-hybridized carbons (Fsp3) is 0.333. The molecule has 7 nitrogen and oxygen atoms in total. The lowest BCUT2D eigenvalue weighted by atomic mass is 10.1. The molecule has 10 heteroatoms. The van der Waals surface area contributed by atoms with E-state index in [2.05, 4.69) is 9.97 Å². The van der Waals surface area contributed by atoms with Crippen LogP contribution >= 0.6 is 7.60 Å². The lowest BCUT2D eigenvalue weighted by molar-refractivity contribution is 0.114. The monoisotopic (exact) mass is 466 g/mol. The van der Waals surface area contributed by atoms with Crippen LogP contribution in [-0.2, 0) is 28.2 Å². The van der Waals surface area contributed by atoms with Gasteiger partial charge in [0, 0.05) is 18.0 Å². The van der Waals surface area contributed by atoms with Gasteiger partial charge in [-0.3, -0.25) is 4.57 Å². The van der Waals surface area contributed by atoms with Crippen molar-refractivity contribution in [2.75, 3.05) is 0 Å². The van der Waals surface area contributed by atoms with Gasteiger partial charge in [-0.15, -0.1) is 0 Å². The van der Waals surface area contributed by atoms with Crippen molar-refractivity contribution in [3.05, 3.63) is 66.5 Å². The van der Waals surface area contributed by atoms with Crippen LogP contribution in [0.4, 0.5) is 4.39 Å². The minimum absolute atomic E-state index is 0.386. The summed E-state index contributed by atoms with van der Waals surface area (Å²) >= 11 is 0. The first-order valence-corrected chi connectivity index (χ1v) is 12.7. The van der Waals surface area contributed by atoms with Gasteiger partial charge in [0.25, 0.3) is 15.0 Å². The summed E-state index contributed by atoms with van der Waals surface area (Å²) in [5.74, 6) is 0. The van der Waals surface area contributed by atoms with Crippen molar-refractivity contribution >= 4 is 28.2 Å². The number of sulfone groups is 1. The molecule has 3 rings (SSSR count). The fourth-order valence-electron chi connectivity index (χ4n) is 3.10. The Bertz CT molecular complexity index is 1210. The van der Waals surface area contributed by atoms with Crippen LogP contribution in [0.15, 0.2) is 66.1 Å². The van der Waals surface area contributed by atoms with Crippen molar-refractivity contribution in [2.24, 2.45) is 0 Å². The molecule has 2 aromatic carbocycles. The molecule has 0 aliphatic heterocycles. The molecular formula is C21H24FN2O5PS. The highest BCUT2D eigenvalue weighted by molar-refractivity contribution is 7.98. The van der Waals surface area contributed by atoms with Gasteiger partial charge in [0.05, 0.1) is 12.2 Å². The third kappa shape index (κ3) is 4.28. The summed E-state index contributed by atoms with van der Waals surface area (Å²) in [7, 11) is -10.0. The molecule has 0 amide bonds. The maximum atomic E-state index is 17.1. The highest BCUT2D eigenvalue weighted by atomic mass is 32.2. The number of rotatable bonds is 8. The predicted molar refractivity (Wildman–Crippen MR) is 116 cm³/mol. The van der Waals surface area contributed by atoms with Gasteiger partial charge >= 0.3 is 12.3 Å². The molecule has 1 unspecified atom stereocenters. The molecule has 0 saturated carbocycles. The Morgan fingerprint density at radius 2 is 1.45 bits per heavy atom. The third-order valence-corrected chi connectivity index (χ3v) is 9.69. The summed E-state index contributed by atoms with van der Waals surface area (Å²) in [5, 5.41) is 0.504. The number of hydrogen-bond donors (Lipinski definition) is 0. The molecule has 0 radical (unpaired) electrons. The number of halogens is 1. The first kappa shape index (κ1) is 23.5. The van der Waals surface area contributed by atoms with Gasteiger partial charge in [-0.25, -0.2) is 22.8 Å². The largest absolute Gasteiger partial charge is 0.388 e. The van der Waals surface area contributed by atoms with Gasteiger partial charge < -0.3 is 9.05 Å². The van der Waals surface area contributed by atoms with Crippen LogP contribution in [-0.4, -0.2) is 30.6 Å². The molecule has 1 heterocycles. The Balaban J connectivity index is 2.37. The van der Waals surface area contributed by atoms with Crippen LogP contribution in [0.1, 0.15) is 33.3 Å². The Kier molecular flexibility index (Phi) is 6.62. The van der Waals surface area contributed by atoms with Crippen molar-refractivity contribution in [3.63, 3.8) is 0 Å². The number of nitrogens with zero attached hydrogens (tertiary/aromatic N) is 2. The average Bonchev–Trinajstić information content (AvgIpc) is 2.72. The molecule has 0 aliphatic carbocycles. The van der Waals surface area contributed by atoms with Gasteiger partial charge in [0.1, 0.15) is 0 Å². The van der Waals surface area contributed by atoms with E-state index in [1.165, 1.54) is 45.9 Å². The van der Waals surface area contributed by atoms with E-state index in [0.29, 0.717) is 5.39 Å². The molecule has 166 valence electrons. The van der Waals surface area contributed by atoms with Crippen LogP contribution in [0.25, 0.3) is 10.8 Å². The topological polar surface area (TPSA) is 95.5 Å². The number of benzene rings is 2. The number of fused-ring (bicyclic) bond motifs is 1. The summed E-state index contributed by atoms with van der Waals surface area (Å²) in [6.07, 6.45) is 0.760. The lowest BCUT2D eigenvalue weighted by Crippen LogP contribution is -2.35. The van der Waals surface area contributed by atoms with Crippen molar-refractivity contribution in [2.45, 2.75) is 49.8 Å². The predicted octanol–water partition coefficient (Wildman–Crippen LogP) is 5.23. The Labute approximate surface area is 181 Å². The first-order valence-electron chi connectivity index (χ1n) is 9.68. The zero-order chi connectivity index (χ0) is 22.9. The SMILES string of the molecule is CC(C)OP(=O)(OC(C)C)C(F)(c1ccc2ccccc2c1)S(=O)(=O)c1ncccn1. The van der Waals surface area contributed by atoms with Crippen molar-refractivity contribution in [3.8, 4) is 0 Å². The maximum Gasteiger partial charge on any atom is 0.388 e. The molecule has 0 fully saturated rings. The molecule has 0 spiro atoms. The molecule has 1 aromatic heterocycles. The van der Waals surface area contributed by atoms with E-state index in [-0.39, 0.29) is 5.56 Å². The molecule has 0 bridgehead atoms. The standard InChI is InChI=1S/C21H24FN2O5PS/c1-15(2)28-30(25,29-16(3)4)21(22,31(26,27)20-23-12-7-13-24-20)19-11-10-17-8-5-6-9-18(17)14-19/h5-16H,1-4H3. The van der Waals surface area contributed by atoms with Gasteiger partial charge in [-0.05, 0) is 50.6 Å². The van der Waals surface area contributed by atoms with Gasteiger partial charge in [0.2, 0.25) is 0 Å². The van der Waals surface area contributed by atoms with Crippen LogP contribution in [0.5, 0.6) is 0 Å². The quantitative estimate of drug-likeness (QED) is 0.331. The molecular weight excluding hydrogens is 442 g/mol. The molecule has 1 atom stereocenters. The number of alkyl halides is 1. The molecule has 0 aliphatic rings. The van der Waals surface area contributed by atoms with E-state index >= 15 is 4.39 Å². The molecule has 0 saturated heterocycles. The fourth-order valence-corrected chi connectivity index (χ4v) is 7.75.